The van der Waals surface area contributed by atoms with Crippen LogP contribution in [0.25, 0.3) is 0 Å². The van der Waals surface area contributed by atoms with Crippen molar-refractivity contribution in [3.8, 4) is 0 Å². The maximum Gasteiger partial charge on any atom is 0.0162 e. The highest BCUT2D eigenvalue weighted by molar-refractivity contribution is 7.79. The van der Waals surface area contributed by atoms with E-state index in [-0.39, 0.29) is 0 Å². The summed E-state index contributed by atoms with van der Waals surface area (Å²) in [5.74, 6) is 0.865. The lowest BCUT2D eigenvalue weighted by molar-refractivity contribution is 1.49. The third-order valence-corrected chi connectivity index (χ3v) is 1.86. The van der Waals surface area contributed by atoms with Gasteiger partial charge in [0.15, 0.2) is 0 Å². The summed E-state index contributed by atoms with van der Waals surface area (Å²) in [6.45, 7) is 0. The normalized spacial score (nSPS) is 9.29. The van der Waals surface area contributed by atoms with Crippen LogP contribution in [-0.2, 0) is 5.75 Å². The summed E-state index contributed by atoms with van der Waals surface area (Å²) in [6, 6.07) is 2.08. The number of rotatable bonds is 1. The Morgan fingerprint density at radius 1 is 1.71 bits per heavy atom. The molecule has 38 valence electrons. The Bertz CT molecular complexity index is 121. The highest BCUT2D eigenvalue weighted by Crippen LogP contribution is 2.06. The fraction of sp³-hybridized carbons (Fsp3) is 0.200. The molecule has 1 aromatic heterocycles. The molecular weight excluding hydrogens is 124 g/mol. The van der Waals surface area contributed by atoms with E-state index >= 15 is 0 Å². The van der Waals surface area contributed by atoms with E-state index in [9.17, 15) is 0 Å². The molecule has 1 rings (SSSR count). The van der Waals surface area contributed by atoms with Gasteiger partial charge in [-0.3, -0.25) is 0 Å². The molecule has 7 heavy (non-hydrogen) atoms. The SMILES string of the molecule is SCc1ccsc1. The molecule has 0 bridgehead atoms. The van der Waals surface area contributed by atoms with E-state index in [2.05, 4.69) is 29.5 Å². The predicted octanol–water partition coefficient (Wildman–Crippen LogP) is 2.18. The van der Waals surface area contributed by atoms with Crippen molar-refractivity contribution in [1.29, 1.82) is 0 Å². The lowest BCUT2D eigenvalue weighted by Crippen LogP contribution is -1.62. The predicted molar refractivity (Wildman–Crippen MR) is 37.0 cm³/mol. The van der Waals surface area contributed by atoms with Crippen molar-refractivity contribution in [2.75, 3.05) is 0 Å². The van der Waals surface area contributed by atoms with Gasteiger partial charge in [-0.15, -0.1) is 0 Å². The second kappa shape index (κ2) is 2.38. The van der Waals surface area contributed by atoms with E-state index < -0.39 is 0 Å². The third kappa shape index (κ3) is 1.21. The lowest BCUT2D eigenvalue weighted by Gasteiger charge is -1.78. The molecule has 0 saturated heterocycles. The van der Waals surface area contributed by atoms with Crippen LogP contribution in [0.4, 0.5) is 0 Å². The lowest BCUT2D eigenvalue weighted by atomic mass is 10.4. The summed E-state index contributed by atoms with van der Waals surface area (Å²) in [4.78, 5) is 0. The van der Waals surface area contributed by atoms with Crippen molar-refractivity contribution in [3.63, 3.8) is 0 Å². The van der Waals surface area contributed by atoms with Crippen molar-refractivity contribution >= 4 is 24.0 Å². The Labute approximate surface area is 52.6 Å². The molecule has 0 saturated carbocycles. The van der Waals surface area contributed by atoms with Gasteiger partial charge in [0.05, 0.1) is 0 Å². The molecule has 1 heterocycles. The summed E-state index contributed by atoms with van der Waals surface area (Å²) < 4.78 is 0. The van der Waals surface area contributed by atoms with Crippen LogP contribution in [0, 0.1) is 0 Å². The van der Waals surface area contributed by atoms with Crippen molar-refractivity contribution in [2.45, 2.75) is 5.75 Å². The molecule has 0 amide bonds. The summed E-state index contributed by atoms with van der Waals surface area (Å²) in [5.41, 5.74) is 1.31. The van der Waals surface area contributed by atoms with Gasteiger partial charge in [0.2, 0.25) is 0 Å². The average molecular weight is 130 g/mol. The van der Waals surface area contributed by atoms with E-state index in [0.717, 1.165) is 5.75 Å². The first-order chi connectivity index (χ1) is 3.43. The van der Waals surface area contributed by atoms with Crippen LogP contribution in [0.5, 0.6) is 0 Å². The van der Waals surface area contributed by atoms with Gasteiger partial charge in [-0.2, -0.15) is 24.0 Å². The summed E-state index contributed by atoms with van der Waals surface area (Å²) in [6.07, 6.45) is 0. The average Bonchev–Trinajstić information content (AvgIpc) is 2.14. The maximum atomic E-state index is 4.08. The molecule has 0 spiro atoms. The van der Waals surface area contributed by atoms with Crippen molar-refractivity contribution in [3.05, 3.63) is 22.4 Å². The van der Waals surface area contributed by atoms with Crippen LogP contribution >= 0.6 is 24.0 Å². The molecule has 2 heteroatoms. The number of thiol groups is 1. The first-order valence-electron chi connectivity index (χ1n) is 2.05. The Morgan fingerprint density at radius 3 is 2.86 bits per heavy atom. The van der Waals surface area contributed by atoms with Crippen LogP contribution in [0.3, 0.4) is 0 Å². The quantitative estimate of drug-likeness (QED) is 0.553. The third-order valence-electron chi connectivity index (χ3n) is 0.763. The molecule has 0 atom stereocenters. The van der Waals surface area contributed by atoms with E-state index in [0.29, 0.717) is 0 Å². The first-order valence-corrected chi connectivity index (χ1v) is 3.63. The number of hydrogen-bond donors (Lipinski definition) is 1. The molecule has 0 aromatic carbocycles. The highest BCUT2D eigenvalue weighted by atomic mass is 32.1. The molecule has 1 aromatic rings. The largest absolute Gasteiger partial charge is 0.175 e. The Kier molecular flexibility index (Phi) is 1.77. The minimum Gasteiger partial charge on any atom is -0.175 e. The Hall–Kier alpha value is 0.0500. The fourth-order valence-corrected chi connectivity index (χ4v) is 1.37. The van der Waals surface area contributed by atoms with Crippen LogP contribution < -0.4 is 0 Å². The van der Waals surface area contributed by atoms with Crippen LogP contribution in [0.1, 0.15) is 5.56 Å². The van der Waals surface area contributed by atoms with Crippen LogP contribution in [-0.4, -0.2) is 0 Å². The Balaban J connectivity index is 2.76. The zero-order valence-corrected chi connectivity index (χ0v) is 5.51. The highest BCUT2D eigenvalue weighted by Gasteiger charge is 1.82. The summed E-state index contributed by atoms with van der Waals surface area (Å²) in [7, 11) is 0. The molecule has 0 N–H and O–H groups in total. The van der Waals surface area contributed by atoms with E-state index in [1.165, 1.54) is 5.56 Å². The second-order valence-electron chi connectivity index (χ2n) is 1.29. The summed E-state index contributed by atoms with van der Waals surface area (Å²) >= 11 is 5.80. The monoisotopic (exact) mass is 130 g/mol. The zero-order valence-electron chi connectivity index (χ0n) is 3.79. The van der Waals surface area contributed by atoms with Crippen molar-refractivity contribution in [2.24, 2.45) is 0 Å². The number of hydrogen-bond acceptors (Lipinski definition) is 2. The van der Waals surface area contributed by atoms with E-state index in [4.69, 9.17) is 0 Å². The summed E-state index contributed by atoms with van der Waals surface area (Å²) in [5, 5.41) is 4.17. The molecule has 0 radical (unpaired) electrons. The molecule has 0 aliphatic carbocycles. The number of thiophene rings is 1. The van der Waals surface area contributed by atoms with Gasteiger partial charge in [-0.1, -0.05) is 0 Å². The molecule has 0 nitrogen and oxygen atoms in total. The molecule has 0 fully saturated rings. The Morgan fingerprint density at radius 2 is 2.57 bits per heavy atom. The van der Waals surface area contributed by atoms with Crippen molar-refractivity contribution < 1.29 is 0 Å². The fourth-order valence-electron chi connectivity index (χ4n) is 0.383. The topological polar surface area (TPSA) is 0 Å². The minimum atomic E-state index is 0.865. The van der Waals surface area contributed by atoms with Gasteiger partial charge in [0.1, 0.15) is 0 Å². The smallest absolute Gasteiger partial charge is 0.0162 e. The standard InChI is InChI=1S/C5H6S2/c6-3-5-1-2-7-4-5/h1-2,4,6H,3H2. The van der Waals surface area contributed by atoms with Gasteiger partial charge >= 0.3 is 0 Å². The van der Waals surface area contributed by atoms with E-state index in [1.54, 1.807) is 11.3 Å². The zero-order chi connectivity index (χ0) is 5.11. The molecule has 0 unspecified atom stereocenters. The van der Waals surface area contributed by atoms with Gasteiger partial charge < -0.3 is 0 Å². The van der Waals surface area contributed by atoms with Gasteiger partial charge in [-0.25, -0.2) is 0 Å². The maximum absolute atomic E-state index is 4.08. The van der Waals surface area contributed by atoms with Gasteiger partial charge in [0.25, 0.3) is 0 Å². The molecule has 0 aliphatic heterocycles. The van der Waals surface area contributed by atoms with Gasteiger partial charge in [-0.05, 0) is 22.4 Å². The van der Waals surface area contributed by atoms with Gasteiger partial charge in [0, 0.05) is 5.75 Å². The molecule has 0 aliphatic rings. The minimum absolute atomic E-state index is 0.865. The first kappa shape index (κ1) is 5.19. The second-order valence-corrected chi connectivity index (χ2v) is 2.39. The molecular formula is C5H6S2. The van der Waals surface area contributed by atoms with Crippen molar-refractivity contribution in [1.82, 2.24) is 0 Å². The van der Waals surface area contributed by atoms with Crippen LogP contribution in [0.2, 0.25) is 0 Å². The van der Waals surface area contributed by atoms with E-state index in [1.807, 2.05) is 0 Å². The van der Waals surface area contributed by atoms with Crippen LogP contribution in [0.15, 0.2) is 16.8 Å².